The molecule has 0 atom stereocenters. The van der Waals surface area contributed by atoms with Crippen LogP contribution in [0.1, 0.15) is 367 Å². The van der Waals surface area contributed by atoms with E-state index in [2.05, 4.69) is 20.8 Å². The monoisotopic (exact) mass is 1000 g/mol. The van der Waals surface area contributed by atoms with Crippen molar-refractivity contribution in [2.75, 3.05) is 0 Å². The van der Waals surface area contributed by atoms with E-state index in [0.29, 0.717) is 0 Å². The molecule has 0 nitrogen and oxygen atoms in total. The third kappa shape index (κ3) is 59.1. The van der Waals surface area contributed by atoms with Crippen LogP contribution in [0.3, 0.4) is 0 Å². The van der Waals surface area contributed by atoms with Gasteiger partial charge in [-0.1, -0.05) is 156 Å². The molecule has 0 N–H and O–H groups in total. The molecule has 0 aromatic heterocycles. The summed E-state index contributed by atoms with van der Waals surface area (Å²) in [4.78, 5) is 0. The van der Waals surface area contributed by atoms with E-state index < -0.39 is 19.8 Å². The van der Waals surface area contributed by atoms with E-state index in [1.165, 1.54) is 308 Å². The fraction of sp³-hybridized carbons (Fsp3) is 1.00. The predicted octanol–water partition coefficient (Wildman–Crippen LogP) is 24.0. The molecule has 0 aromatic rings. The van der Waals surface area contributed by atoms with Gasteiger partial charge in [0.2, 0.25) is 0 Å². The zero-order valence-electron chi connectivity index (χ0n) is 44.2. The minimum absolute atomic E-state index is 0. The van der Waals surface area contributed by atoms with Gasteiger partial charge in [0.25, 0.3) is 0 Å². The van der Waals surface area contributed by atoms with E-state index in [0.717, 1.165) is 0 Å². The average molecular weight is 1000 g/mol. The Bertz CT molecular complexity index is 628. The molecule has 0 unspecified atom stereocenters. The van der Waals surface area contributed by atoms with Crippen LogP contribution in [-0.2, 0) is 0 Å². The fourth-order valence-corrected chi connectivity index (χ4v) is 18.8. The van der Waals surface area contributed by atoms with Crippen molar-refractivity contribution < 1.29 is 0 Å². The first-order valence-electron chi connectivity index (χ1n) is 30.2. The number of halogens is 1. The maximum absolute atomic E-state index is 2.32. The topological polar surface area (TPSA) is 0 Å². The minimum atomic E-state index is -1.17. The second kappa shape index (κ2) is 62.1. The van der Waals surface area contributed by atoms with Gasteiger partial charge in [0.1, 0.15) is 0 Å². The molecule has 375 valence electrons. The third-order valence-electron chi connectivity index (χ3n) is 14.7. The van der Waals surface area contributed by atoms with E-state index in [1.54, 1.807) is 51.8 Å². The summed E-state index contributed by atoms with van der Waals surface area (Å²) in [6.07, 6.45) is 81.0. The smallest absolute Gasteiger partial charge is 0.147 e. The summed E-state index contributed by atoms with van der Waals surface area (Å²) < 4.78 is 5.21. The number of rotatable bonds is 57. The Morgan fingerprint density at radius 2 is 0.242 bits per heavy atom. The van der Waals surface area contributed by atoms with Gasteiger partial charge in [0, 0.05) is 0 Å². The Balaban J connectivity index is 0. The molecule has 0 saturated carbocycles. The van der Waals surface area contributed by atoms with E-state index in [4.69, 9.17) is 0 Å². The van der Waals surface area contributed by atoms with Crippen LogP contribution in [0.5, 0.6) is 0 Å². The fourth-order valence-electron chi connectivity index (χ4n) is 10.2. The Kier molecular flexibility index (Phi) is 65.3. The Morgan fingerprint density at radius 1 is 0.145 bits per heavy atom. The van der Waals surface area contributed by atoms with Crippen LogP contribution in [0, 0.1) is 0 Å². The van der Waals surface area contributed by atoms with Crippen LogP contribution in [-0.4, -0.2) is 19.8 Å². The van der Waals surface area contributed by atoms with Gasteiger partial charge in [-0.05, 0) is 0 Å². The molecule has 0 bridgehead atoms. The summed E-state index contributed by atoms with van der Waals surface area (Å²) in [6, 6.07) is 0. The molecular weight excluding hydrogens is 875 g/mol. The van der Waals surface area contributed by atoms with Gasteiger partial charge in [-0.25, -0.2) is 0 Å². The number of unbranched alkanes of at least 4 members (excludes halogenated alkanes) is 51. The van der Waals surface area contributed by atoms with Crippen LogP contribution in [0.15, 0.2) is 0 Å². The van der Waals surface area contributed by atoms with Gasteiger partial charge in [-0.15, -0.1) is 12.4 Å². The zero-order valence-corrected chi connectivity index (χ0v) is 47.9. The van der Waals surface area contributed by atoms with Crippen LogP contribution in [0.4, 0.5) is 0 Å². The number of hydrogen-bond donors (Lipinski definition) is 0. The van der Waals surface area contributed by atoms with Crippen molar-refractivity contribution in [2.45, 2.75) is 381 Å². The van der Waals surface area contributed by atoms with E-state index >= 15 is 0 Å². The van der Waals surface area contributed by atoms with E-state index in [9.17, 15) is 0 Å². The summed E-state index contributed by atoms with van der Waals surface area (Å²) in [5, 5.41) is 0. The first-order valence-corrected chi connectivity index (χ1v) is 36.2. The van der Waals surface area contributed by atoms with Gasteiger partial charge in [-0.2, -0.15) is 0 Å². The van der Waals surface area contributed by atoms with Gasteiger partial charge in [0.15, 0.2) is 0 Å². The van der Waals surface area contributed by atoms with Gasteiger partial charge in [-0.3, -0.25) is 0 Å². The predicted molar refractivity (Wildman–Crippen MR) is 294 cm³/mol. The molecular formula is C60H124ClSn. The summed E-state index contributed by atoms with van der Waals surface area (Å²) >= 11 is -1.17. The summed E-state index contributed by atoms with van der Waals surface area (Å²) in [5.41, 5.74) is 0. The molecule has 0 aliphatic heterocycles. The van der Waals surface area contributed by atoms with Crippen molar-refractivity contribution in [3.63, 3.8) is 0 Å². The molecule has 0 saturated heterocycles. The molecule has 1 radical (unpaired) electrons. The molecule has 0 aromatic carbocycles. The second-order valence-corrected chi connectivity index (χ2v) is 29.6. The van der Waals surface area contributed by atoms with Crippen molar-refractivity contribution in [3.8, 4) is 0 Å². The molecule has 0 heterocycles. The van der Waals surface area contributed by atoms with E-state index in [1.807, 2.05) is 0 Å². The molecule has 0 rings (SSSR count). The van der Waals surface area contributed by atoms with Crippen molar-refractivity contribution in [3.05, 3.63) is 0 Å². The second-order valence-electron chi connectivity index (χ2n) is 21.0. The standard InChI is InChI=1S/3C20H41.ClH.Sn/c3*1-3-5-7-9-11-13-15-17-19-20-18-16-14-12-10-8-6-4-2;;/h3*1,3-20H2,2H3;1H;. The molecule has 0 spiro atoms. The van der Waals surface area contributed by atoms with E-state index in [-0.39, 0.29) is 12.4 Å². The molecule has 0 amide bonds. The normalized spacial score (nSPS) is 11.6. The van der Waals surface area contributed by atoms with Crippen molar-refractivity contribution >= 4 is 32.2 Å². The summed E-state index contributed by atoms with van der Waals surface area (Å²) in [5.74, 6) is 0. The zero-order chi connectivity index (χ0) is 43.9. The molecule has 0 aliphatic carbocycles. The van der Waals surface area contributed by atoms with Crippen LogP contribution in [0.25, 0.3) is 0 Å². The van der Waals surface area contributed by atoms with Gasteiger partial charge < -0.3 is 0 Å². The average Bonchev–Trinajstić information content (AvgIpc) is 3.27. The van der Waals surface area contributed by atoms with Crippen LogP contribution >= 0.6 is 12.4 Å². The quantitative estimate of drug-likeness (QED) is 0.0421. The van der Waals surface area contributed by atoms with Crippen molar-refractivity contribution in [1.82, 2.24) is 0 Å². The van der Waals surface area contributed by atoms with Crippen LogP contribution in [0.2, 0.25) is 13.3 Å². The number of hydrogen-bond acceptors (Lipinski definition) is 0. The van der Waals surface area contributed by atoms with Crippen molar-refractivity contribution in [2.24, 2.45) is 0 Å². The van der Waals surface area contributed by atoms with Gasteiger partial charge in [0.05, 0.1) is 0 Å². The Hall–Kier alpha value is 1.09. The first-order chi connectivity index (χ1) is 30.3. The third-order valence-corrected chi connectivity index (χ3v) is 23.7. The molecule has 2 heteroatoms. The first kappa shape index (κ1) is 65.2. The molecule has 0 aliphatic rings. The summed E-state index contributed by atoms with van der Waals surface area (Å²) in [7, 11) is 0. The molecule has 62 heavy (non-hydrogen) atoms. The minimum Gasteiger partial charge on any atom is -0.147 e. The van der Waals surface area contributed by atoms with Crippen LogP contribution < -0.4 is 0 Å². The molecule has 0 fully saturated rings. The van der Waals surface area contributed by atoms with Crippen molar-refractivity contribution in [1.29, 1.82) is 0 Å². The maximum atomic E-state index is 2.32. The SMILES string of the molecule is CCCCCCCCCCCCCCCCCCC[CH2][Sn]([CH2]CCCCCCCCCCCCCCCCCCC)[CH2]CCCCCCCCCCCCCCCCCCC.Cl. The Labute approximate surface area is 410 Å². The Morgan fingerprint density at radius 3 is 0.355 bits per heavy atom. The van der Waals surface area contributed by atoms with Gasteiger partial charge >= 0.3 is 245 Å². The summed E-state index contributed by atoms with van der Waals surface area (Å²) in [6.45, 7) is 6.97.